The molecule has 0 spiro atoms. The van der Waals surface area contributed by atoms with E-state index in [9.17, 15) is 0 Å². The highest BCUT2D eigenvalue weighted by molar-refractivity contribution is 6.32. The van der Waals surface area contributed by atoms with Crippen LogP contribution >= 0.6 is 11.6 Å². The van der Waals surface area contributed by atoms with Gasteiger partial charge in [0.15, 0.2) is 0 Å². The van der Waals surface area contributed by atoms with Crippen molar-refractivity contribution in [3.63, 3.8) is 0 Å². The molecule has 1 atom stereocenters. The van der Waals surface area contributed by atoms with Gasteiger partial charge >= 0.3 is 0 Å². The van der Waals surface area contributed by atoms with Crippen molar-refractivity contribution in [2.24, 2.45) is 11.7 Å². The van der Waals surface area contributed by atoms with Gasteiger partial charge in [-0.1, -0.05) is 23.7 Å². The van der Waals surface area contributed by atoms with Gasteiger partial charge in [0.05, 0.1) is 12.1 Å². The lowest BCUT2D eigenvalue weighted by molar-refractivity contribution is 0.403. The Labute approximate surface area is 89.0 Å². The highest BCUT2D eigenvalue weighted by Crippen LogP contribution is 2.43. The van der Waals surface area contributed by atoms with Gasteiger partial charge in [-0.25, -0.2) is 0 Å². The van der Waals surface area contributed by atoms with Gasteiger partial charge in [-0.3, -0.25) is 0 Å². The fourth-order valence-electron chi connectivity index (χ4n) is 1.71. The summed E-state index contributed by atoms with van der Waals surface area (Å²) >= 11 is 6.02. The van der Waals surface area contributed by atoms with E-state index in [1.54, 1.807) is 7.11 Å². The van der Waals surface area contributed by atoms with Gasteiger partial charge in [-0.05, 0) is 24.8 Å². The maximum atomic E-state index is 6.11. The lowest BCUT2D eigenvalue weighted by atomic mass is 10.0. The molecule has 1 aromatic rings. The smallest absolute Gasteiger partial charge is 0.142 e. The lowest BCUT2D eigenvalue weighted by Gasteiger charge is -2.15. The summed E-state index contributed by atoms with van der Waals surface area (Å²) < 4.78 is 5.26. The molecule has 0 radical (unpaired) electrons. The maximum absolute atomic E-state index is 6.11. The molecular weight excluding hydrogens is 198 g/mol. The van der Waals surface area contributed by atoms with Crippen molar-refractivity contribution < 1.29 is 4.74 Å². The summed E-state index contributed by atoms with van der Waals surface area (Å²) in [5.74, 6) is 1.34. The number of hydrogen-bond acceptors (Lipinski definition) is 2. The number of rotatable bonds is 3. The van der Waals surface area contributed by atoms with Crippen molar-refractivity contribution in [1.82, 2.24) is 0 Å². The van der Waals surface area contributed by atoms with Crippen LogP contribution in [0.2, 0.25) is 5.02 Å². The molecule has 0 unspecified atom stereocenters. The number of ether oxygens (including phenoxy) is 1. The van der Waals surface area contributed by atoms with Gasteiger partial charge in [0.25, 0.3) is 0 Å². The van der Waals surface area contributed by atoms with E-state index < -0.39 is 0 Å². The van der Waals surface area contributed by atoms with Crippen LogP contribution < -0.4 is 10.5 Å². The second-order valence-corrected chi connectivity index (χ2v) is 4.13. The first kappa shape index (κ1) is 9.81. The van der Waals surface area contributed by atoms with Crippen LogP contribution in [0.15, 0.2) is 18.2 Å². The summed E-state index contributed by atoms with van der Waals surface area (Å²) in [6, 6.07) is 5.81. The average molecular weight is 212 g/mol. The van der Waals surface area contributed by atoms with E-state index in [0.29, 0.717) is 10.9 Å². The number of benzene rings is 1. The van der Waals surface area contributed by atoms with E-state index in [0.717, 1.165) is 11.3 Å². The Morgan fingerprint density at radius 1 is 1.50 bits per heavy atom. The molecular formula is C11H14ClNO. The Morgan fingerprint density at radius 3 is 2.79 bits per heavy atom. The molecule has 0 aromatic heterocycles. The number of hydrogen-bond donors (Lipinski definition) is 1. The third-order valence-electron chi connectivity index (χ3n) is 2.69. The molecule has 0 bridgehead atoms. The molecule has 1 aromatic carbocycles. The molecule has 76 valence electrons. The molecule has 2 rings (SSSR count). The zero-order valence-corrected chi connectivity index (χ0v) is 8.92. The summed E-state index contributed by atoms with van der Waals surface area (Å²) in [4.78, 5) is 0. The van der Waals surface area contributed by atoms with E-state index in [4.69, 9.17) is 22.1 Å². The highest BCUT2D eigenvalue weighted by atomic mass is 35.5. The van der Waals surface area contributed by atoms with Gasteiger partial charge < -0.3 is 10.5 Å². The summed E-state index contributed by atoms with van der Waals surface area (Å²) in [5.41, 5.74) is 7.14. The van der Waals surface area contributed by atoms with Crippen molar-refractivity contribution in [2.45, 2.75) is 18.9 Å². The van der Waals surface area contributed by atoms with Gasteiger partial charge in [0.1, 0.15) is 5.75 Å². The largest absolute Gasteiger partial charge is 0.495 e. The van der Waals surface area contributed by atoms with Crippen LogP contribution in [0.1, 0.15) is 24.4 Å². The van der Waals surface area contributed by atoms with Gasteiger partial charge in [0.2, 0.25) is 0 Å². The number of nitrogens with two attached hydrogens (primary N) is 1. The molecule has 0 saturated heterocycles. The second kappa shape index (κ2) is 3.79. The van der Waals surface area contributed by atoms with Gasteiger partial charge in [-0.15, -0.1) is 0 Å². The molecule has 14 heavy (non-hydrogen) atoms. The Bertz CT molecular complexity index is 336. The summed E-state index contributed by atoms with van der Waals surface area (Å²) in [5, 5.41) is 0.640. The SMILES string of the molecule is COc1c(Cl)cccc1[C@H](N)C1CC1. The quantitative estimate of drug-likeness (QED) is 0.835. The predicted molar refractivity (Wildman–Crippen MR) is 57.7 cm³/mol. The standard InChI is InChI=1S/C11H14ClNO/c1-14-11-8(3-2-4-9(11)12)10(13)7-5-6-7/h2-4,7,10H,5-6,13H2,1H3/t10-/m1/s1. The normalized spacial score (nSPS) is 17.9. The van der Waals surface area contributed by atoms with Crippen LogP contribution in [0, 0.1) is 5.92 Å². The number of halogens is 1. The van der Waals surface area contributed by atoms with Gasteiger partial charge in [0, 0.05) is 11.6 Å². The third-order valence-corrected chi connectivity index (χ3v) is 2.99. The molecule has 1 aliphatic carbocycles. The first-order valence-electron chi connectivity index (χ1n) is 4.82. The summed E-state index contributed by atoms with van der Waals surface area (Å²) in [7, 11) is 1.63. The first-order valence-corrected chi connectivity index (χ1v) is 5.20. The second-order valence-electron chi connectivity index (χ2n) is 3.73. The zero-order chi connectivity index (χ0) is 10.1. The Balaban J connectivity index is 2.35. The Morgan fingerprint density at radius 2 is 2.21 bits per heavy atom. The minimum absolute atomic E-state index is 0.0728. The van der Waals surface area contributed by atoms with E-state index in [1.807, 2.05) is 18.2 Å². The molecule has 2 N–H and O–H groups in total. The Hall–Kier alpha value is -0.730. The minimum atomic E-state index is 0.0728. The van der Waals surface area contributed by atoms with E-state index >= 15 is 0 Å². The van der Waals surface area contributed by atoms with E-state index in [-0.39, 0.29) is 6.04 Å². The van der Waals surface area contributed by atoms with Crippen molar-refractivity contribution in [3.8, 4) is 5.75 Å². The summed E-state index contributed by atoms with van der Waals surface area (Å²) in [6.07, 6.45) is 2.44. The summed E-state index contributed by atoms with van der Waals surface area (Å²) in [6.45, 7) is 0. The van der Waals surface area contributed by atoms with Crippen LogP contribution in [0.25, 0.3) is 0 Å². The topological polar surface area (TPSA) is 35.2 Å². The van der Waals surface area contributed by atoms with Crippen molar-refractivity contribution in [1.29, 1.82) is 0 Å². The van der Waals surface area contributed by atoms with E-state index in [1.165, 1.54) is 12.8 Å². The van der Waals surface area contributed by atoms with Gasteiger partial charge in [-0.2, -0.15) is 0 Å². The van der Waals surface area contributed by atoms with Crippen molar-refractivity contribution in [2.75, 3.05) is 7.11 Å². The number of methoxy groups -OCH3 is 1. The van der Waals surface area contributed by atoms with Crippen LogP contribution in [-0.2, 0) is 0 Å². The maximum Gasteiger partial charge on any atom is 0.142 e. The minimum Gasteiger partial charge on any atom is -0.495 e. The molecule has 1 fully saturated rings. The van der Waals surface area contributed by atoms with Crippen molar-refractivity contribution in [3.05, 3.63) is 28.8 Å². The van der Waals surface area contributed by atoms with E-state index in [2.05, 4.69) is 0 Å². The predicted octanol–water partition coefficient (Wildman–Crippen LogP) is 2.76. The fourth-order valence-corrected chi connectivity index (χ4v) is 1.97. The third kappa shape index (κ3) is 1.72. The fraction of sp³-hybridized carbons (Fsp3) is 0.455. The molecule has 2 nitrogen and oxygen atoms in total. The molecule has 1 saturated carbocycles. The monoisotopic (exact) mass is 211 g/mol. The van der Waals surface area contributed by atoms with Crippen LogP contribution in [-0.4, -0.2) is 7.11 Å². The number of para-hydroxylation sites is 1. The zero-order valence-electron chi connectivity index (χ0n) is 8.16. The molecule has 0 aliphatic heterocycles. The first-order chi connectivity index (χ1) is 6.74. The van der Waals surface area contributed by atoms with Crippen LogP contribution in [0.5, 0.6) is 5.75 Å². The highest BCUT2D eigenvalue weighted by Gasteiger charge is 2.31. The average Bonchev–Trinajstić information content (AvgIpc) is 2.99. The van der Waals surface area contributed by atoms with Crippen LogP contribution in [0.4, 0.5) is 0 Å². The molecule has 3 heteroatoms. The molecule has 0 heterocycles. The Kier molecular flexibility index (Phi) is 2.66. The molecule has 0 amide bonds. The lowest BCUT2D eigenvalue weighted by Crippen LogP contribution is -2.13. The molecule has 1 aliphatic rings. The van der Waals surface area contributed by atoms with Crippen molar-refractivity contribution >= 4 is 11.6 Å². The van der Waals surface area contributed by atoms with Crippen LogP contribution in [0.3, 0.4) is 0 Å².